The van der Waals surface area contributed by atoms with Gasteiger partial charge in [-0.3, -0.25) is 4.79 Å². The van der Waals surface area contributed by atoms with Gasteiger partial charge < -0.3 is 15.6 Å². The third kappa shape index (κ3) is 3.82. The first kappa shape index (κ1) is 18.4. The summed E-state index contributed by atoms with van der Waals surface area (Å²) in [5, 5.41) is 7.18. The molecular weight excluding hydrogens is 352 g/mol. The zero-order chi connectivity index (χ0) is 19.6. The number of aromatic nitrogens is 2. The third-order valence-corrected chi connectivity index (χ3v) is 5.36. The van der Waals surface area contributed by atoms with Crippen molar-refractivity contribution in [2.45, 2.75) is 44.2 Å². The summed E-state index contributed by atoms with van der Waals surface area (Å²) in [5.41, 5.74) is 8.54. The molecule has 1 heterocycles. The van der Waals surface area contributed by atoms with Crippen molar-refractivity contribution in [3.63, 3.8) is 0 Å². The number of carbonyl (C=O) groups is 1. The number of hydrogen-bond donors (Lipinski definition) is 2. The Morgan fingerprint density at radius 3 is 2.54 bits per heavy atom. The van der Waals surface area contributed by atoms with Crippen LogP contribution in [-0.2, 0) is 12.0 Å². The fourth-order valence-electron chi connectivity index (χ4n) is 3.38. The van der Waals surface area contributed by atoms with Crippen LogP contribution < -0.4 is 11.1 Å². The van der Waals surface area contributed by atoms with Gasteiger partial charge in [-0.2, -0.15) is 4.98 Å². The van der Waals surface area contributed by atoms with Gasteiger partial charge in [-0.25, -0.2) is 0 Å². The Balaban J connectivity index is 1.54. The number of nitrogens with one attached hydrogen (secondary N) is 1. The van der Waals surface area contributed by atoms with E-state index in [1.165, 1.54) is 0 Å². The minimum atomic E-state index is -0.463. The molecule has 1 unspecified atom stereocenters. The summed E-state index contributed by atoms with van der Waals surface area (Å²) < 4.78 is 5.45. The standard InChI is InChI=1S/C22H24N4O2/c1-15-8-10-17(11-9-15)20(27)24-18(16-6-3-2-4-7-16)14-19-25-21(26-28-19)22(23)12-5-13-22/h2-4,6-11,18H,5,12-14,23H2,1H3,(H,24,27). The summed E-state index contributed by atoms with van der Waals surface area (Å²) in [6.07, 6.45) is 3.24. The summed E-state index contributed by atoms with van der Waals surface area (Å²) in [6.45, 7) is 1.99. The maximum atomic E-state index is 12.8. The Kier molecular flexibility index (Phi) is 4.96. The molecule has 1 aliphatic carbocycles. The lowest BCUT2D eigenvalue weighted by Gasteiger charge is -2.34. The van der Waals surface area contributed by atoms with E-state index in [1.807, 2.05) is 61.5 Å². The Morgan fingerprint density at radius 1 is 1.18 bits per heavy atom. The van der Waals surface area contributed by atoms with Gasteiger partial charge in [-0.05, 0) is 43.9 Å². The summed E-state index contributed by atoms with van der Waals surface area (Å²) in [7, 11) is 0. The number of nitrogens with zero attached hydrogens (tertiary/aromatic N) is 2. The third-order valence-electron chi connectivity index (χ3n) is 5.36. The molecule has 6 nitrogen and oxygen atoms in total. The first-order valence-electron chi connectivity index (χ1n) is 9.58. The number of carbonyl (C=O) groups excluding carboxylic acids is 1. The van der Waals surface area contributed by atoms with Gasteiger partial charge in [0.15, 0.2) is 5.82 Å². The van der Waals surface area contributed by atoms with Crippen LogP contribution in [0.2, 0.25) is 0 Å². The molecule has 0 saturated heterocycles. The van der Waals surface area contributed by atoms with Crippen molar-refractivity contribution in [1.29, 1.82) is 0 Å². The van der Waals surface area contributed by atoms with Gasteiger partial charge in [0.2, 0.25) is 5.89 Å². The average molecular weight is 376 g/mol. The van der Waals surface area contributed by atoms with Crippen molar-refractivity contribution >= 4 is 5.91 Å². The smallest absolute Gasteiger partial charge is 0.251 e. The molecule has 0 radical (unpaired) electrons. The molecule has 0 spiro atoms. The first-order valence-corrected chi connectivity index (χ1v) is 9.58. The molecule has 28 heavy (non-hydrogen) atoms. The van der Waals surface area contributed by atoms with E-state index in [2.05, 4.69) is 15.5 Å². The molecule has 1 aromatic heterocycles. The predicted molar refractivity (Wildman–Crippen MR) is 106 cm³/mol. The van der Waals surface area contributed by atoms with Gasteiger partial charge in [0, 0.05) is 5.56 Å². The number of amides is 1. The zero-order valence-electron chi connectivity index (χ0n) is 15.9. The second kappa shape index (κ2) is 7.56. The van der Waals surface area contributed by atoms with Crippen LogP contribution in [0.1, 0.15) is 58.5 Å². The highest BCUT2D eigenvalue weighted by atomic mass is 16.5. The maximum absolute atomic E-state index is 12.8. The van der Waals surface area contributed by atoms with E-state index in [-0.39, 0.29) is 11.9 Å². The number of nitrogens with two attached hydrogens (primary N) is 1. The van der Waals surface area contributed by atoms with E-state index in [4.69, 9.17) is 10.3 Å². The van der Waals surface area contributed by atoms with Crippen molar-refractivity contribution in [3.05, 3.63) is 83.0 Å². The minimum Gasteiger partial charge on any atom is -0.345 e. The molecule has 2 aromatic carbocycles. The van der Waals surface area contributed by atoms with E-state index in [9.17, 15) is 4.79 Å². The monoisotopic (exact) mass is 376 g/mol. The highest BCUT2D eigenvalue weighted by Crippen LogP contribution is 2.37. The second-order valence-electron chi connectivity index (χ2n) is 7.53. The molecule has 3 N–H and O–H groups in total. The van der Waals surface area contributed by atoms with Crippen LogP contribution in [0.3, 0.4) is 0 Å². The lowest BCUT2D eigenvalue weighted by atomic mass is 9.77. The lowest BCUT2D eigenvalue weighted by molar-refractivity contribution is 0.0935. The van der Waals surface area contributed by atoms with Crippen molar-refractivity contribution in [3.8, 4) is 0 Å². The van der Waals surface area contributed by atoms with Crippen LogP contribution in [0, 0.1) is 6.92 Å². The van der Waals surface area contributed by atoms with Gasteiger partial charge in [0.1, 0.15) is 0 Å². The van der Waals surface area contributed by atoms with Gasteiger partial charge in [0.05, 0.1) is 18.0 Å². The van der Waals surface area contributed by atoms with Gasteiger partial charge >= 0.3 is 0 Å². The molecule has 1 amide bonds. The summed E-state index contributed by atoms with van der Waals surface area (Å²) >= 11 is 0. The Bertz CT molecular complexity index is 946. The topological polar surface area (TPSA) is 94.0 Å². The SMILES string of the molecule is Cc1ccc(C(=O)NC(Cc2nc(C3(N)CCC3)no2)c2ccccc2)cc1. The van der Waals surface area contributed by atoms with Gasteiger partial charge in [-0.15, -0.1) is 0 Å². The maximum Gasteiger partial charge on any atom is 0.251 e. The predicted octanol–water partition coefficient (Wildman–Crippen LogP) is 3.43. The van der Waals surface area contributed by atoms with Crippen LogP contribution in [0.4, 0.5) is 0 Å². The summed E-state index contributed by atoms with van der Waals surface area (Å²) in [6, 6.07) is 17.0. The number of hydrogen-bond acceptors (Lipinski definition) is 5. The van der Waals surface area contributed by atoms with Crippen molar-refractivity contribution in [2.24, 2.45) is 5.73 Å². The van der Waals surface area contributed by atoms with Crippen LogP contribution in [0.15, 0.2) is 59.1 Å². The fourth-order valence-corrected chi connectivity index (χ4v) is 3.38. The molecule has 144 valence electrons. The van der Waals surface area contributed by atoms with Crippen molar-refractivity contribution in [2.75, 3.05) is 0 Å². The molecule has 1 saturated carbocycles. The molecule has 1 fully saturated rings. The number of rotatable bonds is 6. The normalized spacial score (nSPS) is 16.2. The average Bonchev–Trinajstić information content (AvgIpc) is 3.15. The molecule has 0 aliphatic heterocycles. The molecule has 4 rings (SSSR count). The van der Waals surface area contributed by atoms with E-state index in [1.54, 1.807) is 0 Å². The van der Waals surface area contributed by atoms with Crippen LogP contribution in [0.25, 0.3) is 0 Å². The van der Waals surface area contributed by atoms with E-state index >= 15 is 0 Å². The van der Waals surface area contributed by atoms with E-state index < -0.39 is 5.54 Å². The molecule has 1 aliphatic rings. The van der Waals surface area contributed by atoms with E-state index in [0.29, 0.717) is 23.7 Å². The fraction of sp³-hybridized carbons (Fsp3) is 0.318. The van der Waals surface area contributed by atoms with Gasteiger partial charge in [0.25, 0.3) is 5.91 Å². The largest absolute Gasteiger partial charge is 0.345 e. The summed E-state index contributed by atoms with van der Waals surface area (Å²) in [5.74, 6) is 0.901. The van der Waals surface area contributed by atoms with E-state index in [0.717, 1.165) is 30.4 Å². The van der Waals surface area contributed by atoms with Crippen LogP contribution in [0.5, 0.6) is 0 Å². The molecule has 0 bridgehead atoms. The molecule has 6 heteroatoms. The Morgan fingerprint density at radius 2 is 1.89 bits per heavy atom. The lowest BCUT2D eigenvalue weighted by Crippen LogP contribution is -2.44. The Hall–Kier alpha value is -2.99. The van der Waals surface area contributed by atoms with Crippen molar-refractivity contribution < 1.29 is 9.32 Å². The van der Waals surface area contributed by atoms with Crippen molar-refractivity contribution in [1.82, 2.24) is 15.5 Å². The quantitative estimate of drug-likeness (QED) is 0.687. The highest BCUT2D eigenvalue weighted by molar-refractivity contribution is 5.94. The number of aryl methyl sites for hydroxylation is 1. The van der Waals surface area contributed by atoms with Crippen LogP contribution >= 0.6 is 0 Å². The summed E-state index contributed by atoms with van der Waals surface area (Å²) in [4.78, 5) is 17.3. The van der Waals surface area contributed by atoms with Crippen LogP contribution in [-0.4, -0.2) is 16.0 Å². The minimum absolute atomic E-state index is 0.136. The second-order valence-corrected chi connectivity index (χ2v) is 7.53. The highest BCUT2D eigenvalue weighted by Gasteiger charge is 2.39. The Labute approximate surface area is 164 Å². The first-order chi connectivity index (χ1) is 13.5. The molecule has 1 atom stereocenters. The number of benzene rings is 2. The molecular formula is C22H24N4O2. The van der Waals surface area contributed by atoms with Gasteiger partial charge in [-0.1, -0.05) is 53.2 Å². The molecule has 3 aromatic rings. The zero-order valence-corrected chi connectivity index (χ0v) is 15.9.